The van der Waals surface area contributed by atoms with E-state index in [0.717, 1.165) is 47.9 Å². The van der Waals surface area contributed by atoms with Gasteiger partial charge in [-0.15, -0.1) is 0 Å². The molecule has 2 amide bonds. The minimum atomic E-state index is -0.573. The van der Waals surface area contributed by atoms with Crippen LogP contribution in [0.4, 0.5) is 0 Å². The van der Waals surface area contributed by atoms with Crippen LogP contribution in [0.15, 0.2) is 42.5 Å². The Bertz CT molecular complexity index is 901. The number of hydrogen-bond acceptors (Lipinski definition) is 3. The van der Waals surface area contributed by atoms with Crippen molar-refractivity contribution in [2.24, 2.45) is 0 Å². The number of rotatable bonds is 8. The molecule has 0 aliphatic heterocycles. The van der Waals surface area contributed by atoms with Crippen molar-refractivity contribution in [1.29, 1.82) is 0 Å². The van der Waals surface area contributed by atoms with E-state index >= 15 is 0 Å². The maximum Gasteiger partial charge on any atom is 0.261 e. The average Bonchev–Trinajstić information content (AvgIpc) is 3.26. The molecule has 0 aromatic heterocycles. The first-order valence-electron chi connectivity index (χ1n) is 11.2. The molecule has 0 unspecified atom stereocenters. The van der Waals surface area contributed by atoms with E-state index in [4.69, 9.17) is 4.74 Å². The Morgan fingerprint density at radius 3 is 2.42 bits per heavy atom. The van der Waals surface area contributed by atoms with Crippen LogP contribution < -0.4 is 10.1 Å². The highest BCUT2D eigenvalue weighted by Gasteiger charge is 2.28. The van der Waals surface area contributed by atoms with E-state index in [1.54, 1.807) is 11.8 Å². The van der Waals surface area contributed by atoms with Crippen molar-refractivity contribution < 1.29 is 14.3 Å². The van der Waals surface area contributed by atoms with E-state index in [-0.39, 0.29) is 24.5 Å². The first-order valence-corrected chi connectivity index (χ1v) is 11.2. The van der Waals surface area contributed by atoms with Gasteiger partial charge in [-0.25, -0.2) is 0 Å². The quantitative estimate of drug-likeness (QED) is 0.683. The van der Waals surface area contributed by atoms with Crippen molar-refractivity contribution in [2.45, 2.75) is 72.0 Å². The van der Waals surface area contributed by atoms with Gasteiger partial charge in [-0.05, 0) is 63.3 Å². The molecule has 2 aromatic carbocycles. The lowest BCUT2D eigenvalue weighted by atomic mass is 10.1. The SMILES string of the molecule is Cc1ccc(CN(C(=O)COc2cccc(C)c2C)[C@@H](C)C(=O)NC2CCCC2)cc1. The summed E-state index contributed by atoms with van der Waals surface area (Å²) in [5.74, 6) is 0.404. The molecule has 0 spiro atoms. The first-order chi connectivity index (χ1) is 14.8. The van der Waals surface area contributed by atoms with Gasteiger partial charge in [-0.1, -0.05) is 54.8 Å². The number of carbonyl (C=O) groups is 2. The molecule has 1 N–H and O–H groups in total. The van der Waals surface area contributed by atoms with Gasteiger partial charge in [-0.3, -0.25) is 9.59 Å². The van der Waals surface area contributed by atoms with Gasteiger partial charge in [0.2, 0.25) is 5.91 Å². The van der Waals surface area contributed by atoms with Gasteiger partial charge in [0, 0.05) is 12.6 Å². The zero-order chi connectivity index (χ0) is 22.4. The Hall–Kier alpha value is -2.82. The third-order valence-corrected chi connectivity index (χ3v) is 6.25. The zero-order valence-corrected chi connectivity index (χ0v) is 19.1. The minimum absolute atomic E-state index is 0.0981. The fourth-order valence-corrected chi connectivity index (χ4v) is 3.97. The molecule has 1 fully saturated rings. The Morgan fingerprint density at radius 2 is 1.74 bits per heavy atom. The predicted molar refractivity (Wildman–Crippen MR) is 123 cm³/mol. The Labute approximate surface area is 185 Å². The molecule has 0 saturated heterocycles. The molecule has 31 heavy (non-hydrogen) atoms. The summed E-state index contributed by atoms with van der Waals surface area (Å²) >= 11 is 0. The summed E-state index contributed by atoms with van der Waals surface area (Å²) in [4.78, 5) is 27.7. The number of aryl methyl sites for hydroxylation is 2. The Kier molecular flexibility index (Phi) is 7.72. The van der Waals surface area contributed by atoms with Crippen molar-refractivity contribution in [3.63, 3.8) is 0 Å². The maximum atomic E-state index is 13.2. The van der Waals surface area contributed by atoms with Crippen molar-refractivity contribution in [3.05, 3.63) is 64.7 Å². The largest absolute Gasteiger partial charge is 0.483 e. The van der Waals surface area contributed by atoms with E-state index in [0.29, 0.717) is 12.3 Å². The van der Waals surface area contributed by atoms with Crippen LogP contribution in [0.3, 0.4) is 0 Å². The second-order valence-corrected chi connectivity index (χ2v) is 8.66. The first kappa shape index (κ1) is 22.9. The van der Waals surface area contributed by atoms with Gasteiger partial charge < -0.3 is 15.0 Å². The molecule has 1 atom stereocenters. The fraction of sp³-hybridized carbons (Fsp3) is 0.462. The van der Waals surface area contributed by atoms with Crippen LogP contribution in [0.2, 0.25) is 0 Å². The van der Waals surface area contributed by atoms with E-state index in [1.807, 2.05) is 63.2 Å². The number of amides is 2. The third kappa shape index (κ3) is 6.09. The van der Waals surface area contributed by atoms with Crippen LogP contribution in [0, 0.1) is 20.8 Å². The highest BCUT2D eigenvalue weighted by atomic mass is 16.5. The second kappa shape index (κ2) is 10.5. The molecule has 0 radical (unpaired) electrons. The van der Waals surface area contributed by atoms with Crippen LogP contribution in [0.5, 0.6) is 5.75 Å². The van der Waals surface area contributed by atoms with Gasteiger partial charge in [0.05, 0.1) is 0 Å². The van der Waals surface area contributed by atoms with Gasteiger partial charge in [0.1, 0.15) is 11.8 Å². The van der Waals surface area contributed by atoms with Crippen LogP contribution in [0.25, 0.3) is 0 Å². The molecule has 166 valence electrons. The molecule has 1 aliphatic carbocycles. The molecule has 3 rings (SSSR count). The topological polar surface area (TPSA) is 58.6 Å². The van der Waals surface area contributed by atoms with E-state index in [1.165, 1.54) is 0 Å². The normalized spacial score (nSPS) is 14.8. The molecular formula is C26H34N2O3. The lowest BCUT2D eigenvalue weighted by Gasteiger charge is -2.30. The summed E-state index contributed by atoms with van der Waals surface area (Å²) in [6.45, 7) is 8.10. The standard InChI is InChI=1S/C26H34N2O3/c1-18-12-14-22(15-13-18)16-28(21(4)26(30)27-23-9-5-6-10-23)25(29)17-31-24-11-7-8-19(2)20(24)3/h7-8,11-15,21,23H,5-6,9-10,16-17H2,1-4H3,(H,27,30)/t21-/m0/s1. The summed E-state index contributed by atoms with van der Waals surface area (Å²) in [7, 11) is 0. The number of ether oxygens (including phenoxy) is 1. The van der Waals surface area contributed by atoms with Crippen molar-refractivity contribution in [1.82, 2.24) is 10.2 Å². The minimum Gasteiger partial charge on any atom is -0.483 e. The number of benzene rings is 2. The summed E-state index contributed by atoms with van der Waals surface area (Å²) in [5, 5.41) is 3.13. The molecule has 1 saturated carbocycles. The Morgan fingerprint density at radius 1 is 1.06 bits per heavy atom. The fourth-order valence-electron chi connectivity index (χ4n) is 3.97. The van der Waals surface area contributed by atoms with Crippen molar-refractivity contribution in [3.8, 4) is 5.75 Å². The van der Waals surface area contributed by atoms with Crippen LogP contribution in [0.1, 0.15) is 54.9 Å². The highest BCUT2D eigenvalue weighted by Crippen LogP contribution is 2.21. The van der Waals surface area contributed by atoms with Crippen LogP contribution in [-0.4, -0.2) is 35.4 Å². The third-order valence-electron chi connectivity index (χ3n) is 6.25. The summed E-state index contributed by atoms with van der Waals surface area (Å²) in [5.41, 5.74) is 4.29. The van der Waals surface area contributed by atoms with Crippen molar-refractivity contribution in [2.75, 3.05) is 6.61 Å². The molecule has 1 aliphatic rings. The van der Waals surface area contributed by atoms with Gasteiger partial charge >= 0.3 is 0 Å². The number of hydrogen-bond donors (Lipinski definition) is 1. The summed E-state index contributed by atoms with van der Waals surface area (Å²) in [6, 6.07) is 13.5. The summed E-state index contributed by atoms with van der Waals surface area (Å²) < 4.78 is 5.86. The molecule has 0 bridgehead atoms. The lowest BCUT2D eigenvalue weighted by Crippen LogP contribution is -2.50. The molecule has 5 nitrogen and oxygen atoms in total. The molecule has 2 aromatic rings. The molecule has 0 heterocycles. The maximum absolute atomic E-state index is 13.2. The number of carbonyl (C=O) groups excluding carboxylic acids is 2. The lowest BCUT2D eigenvalue weighted by molar-refractivity contribution is -0.142. The number of nitrogens with zero attached hydrogens (tertiary/aromatic N) is 1. The number of nitrogens with one attached hydrogen (secondary N) is 1. The highest BCUT2D eigenvalue weighted by molar-refractivity contribution is 5.88. The van der Waals surface area contributed by atoms with E-state index in [9.17, 15) is 9.59 Å². The second-order valence-electron chi connectivity index (χ2n) is 8.66. The monoisotopic (exact) mass is 422 g/mol. The average molecular weight is 423 g/mol. The van der Waals surface area contributed by atoms with Gasteiger partial charge in [-0.2, -0.15) is 0 Å². The van der Waals surface area contributed by atoms with Gasteiger partial charge in [0.25, 0.3) is 5.91 Å². The smallest absolute Gasteiger partial charge is 0.261 e. The molecular weight excluding hydrogens is 388 g/mol. The van der Waals surface area contributed by atoms with Crippen molar-refractivity contribution >= 4 is 11.8 Å². The van der Waals surface area contributed by atoms with Gasteiger partial charge in [0.15, 0.2) is 6.61 Å². The van der Waals surface area contributed by atoms with E-state index < -0.39 is 6.04 Å². The Balaban J connectivity index is 1.73. The van der Waals surface area contributed by atoms with Crippen LogP contribution in [-0.2, 0) is 16.1 Å². The predicted octanol–water partition coefficient (Wildman–Crippen LogP) is 4.47. The van der Waals surface area contributed by atoms with E-state index in [2.05, 4.69) is 5.32 Å². The van der Waals surface area contributed by atoms with Crippen LogP contribution >= 0.6 is 0 Å². The molecule has 5 heteroatoms. The zero-order valence-electron chi connectivity index (χ0n) is 19.1. The summed E-state index contributed by atoms with van der Waals surface area (Å²) in [6.07, 6.45) is 4.32.